The van der Waals surface area contributed by atoms with Gasteiger partial charge in [0.05, 0.1) is 23.8 Å². The molecular formula is C14H12ClFN2O3. The first kappa shape index (κ1) is 15.1. The van der Waals surface area contributed by atoms with Crippen LogP contribution in [-0.4, -0.2) is 12.0 Å². The maximum Gasteiger partial charge on any atom is 0.273 e. The number of methoxy groups -OCH3 is 1. The number of nitro groups is 1. The zero-order valence-electron chi connectivity index (χ0n) is 11.1. The van der Waals surface area contributed by atoms with Gasteiger partial charge in [-0.1, -0.05) is 17.7 Å². The maximum absolute atomic E-state index is 13.7. The second-order valence-electron chi connectivity index (χ2n) is 4.20. The van der Waals surface area contributed by atoms with Gasteiger partial charge in [0.15, 0.2) is 0 Å². The molecule has 0 atom stereocenters. The van der Waals surface area contributed by atoms with Crippen molar-refractivity contribution in [3.05, 3.63) is 62.9 Å². The van der Waals surface area contributed by atoms with E-state index in [9.17, 15) is 14.5 Å². The van der Waals surface area contributed by atoms with E-state index in [1.165, 1.54) is 37.4 Å². The summed E-state index contributed by atoms with van der Waals surface area (Å²) in [5.41, 5.74) is 0.753. The largest absolute Gasteiger partial charge is 0.494 e. The number of nitrogens with zero attached hydrogens (tertiary/aromatic N) is 1. The smallest absolute Gasteiger partial charge is 0.273 e. The monoisotopic (exact) mass is 310 g/mol. The molecule has 0 unspecified atom stereocenters. The third-order valence-electron chi connectivity index (χ3n) is 2.91. The molecule has 0 aliphatic carbocycles. The van der Waals surface area contributed by atoms with E-state index < -0.39 is 10.7 Å². The first-order valence-corrected chi connectivity index (χ1v) is 6.40. The fraction of sp³-hybridized carbons (Fsp3) is 0.143. The van der Waals surface area contributed by atoms with Gasteiger partial charge in [0.1, 0.15) is 11.6 Å². The predicted molar refractivity (Wildman–Crippen MR) is 78.4 cm³/mol. The molecule has 0 heterocycles. The first-order valence-electron chi connectivity index (χ1n) is 6.02. The lowest BCUT2D eigenvalue weighted by molar-refractivity contribution is -0.384. The minimum absolute atomic E-state index is 0.0821. The second kappa shape index (κ2) is 6.41. The summed E-state index contributed by atoms with van der Waals surface area (Å²) in [7, 11) is 1.40. The average molecular weight is 311 g/mol. The molecule has 21 heavy (non-hydrogen) atoms. The van der Waals surface area contributed by atoms with Gasteiger partial charge in [-0.2, -0.15) is 0 Å². The van der Waals surface area contributed by atoms with E-state index >= 15 is 0 Å². The number of halogens is 2. The topological polar surface area (TPSA) is 64.4 Å². The van der Waals surface area contributed by atoms with Crippen LogP contribution in [0.5, 0.6) is 5.75 Å². The molecule has 1 N–H and O–H groups in total. The van der Waals surface area contributed by atoms with E-state index in [4.69, 9.17) is 16.3 Å². The quantitative estimate of drug-likeness (QED) is 0.669. The molecule has 7 heteroatoms. The van der Waals surface area contributed by atoms with Crippen molar-refractivity contribution in [1.82, 2.24) is 0 Å². The molecule has 0 bridgehead atoms. The molecule has 0 radical (unpaired) electrons. The SMILES string of the molecule is COc1cc([N+](=O)[O-])ccc1NCc1c(F)cccc1Cl. The Balaban J connectivity index is 2.22. The molecule has 0 saturated carbocycles. The van der Waals surface area contributed by atoms with Gasteiger partial charge in [-0.05, 0) is 18.2 Å². The molecule has 0 fully saturated rings. The Morgan fingerprint density at radius 2 is 2.14 bits per heavy atom. The molecule has 0 aromatic heterocycles. The number of anilines is 1. The van der Waals surface area contributed by atoms with Gasteiger partial charge in [-0.15, -0.1) is 0 Å². The van der Waals surface area contributed by atoms with Crippen molar-refractivity contribution in [2.75, 3.05) is 12.4 Å². The Hall–Kier alpha value is -2.34. The first-order chi connectivity index (χ1) is 10.0. The summed E-state index contributed by atoms with van der Waals surface area (Å²) < 4.78 is 18.8. The number of hydrogen-bond acceptors (Lipinski definition) is 4. The normalized spacial score (nSPS) is 10.2. The van der Waals surface area contributed by atoms with Crippen LogP contribution >= 0.6 is 11.6 Å². The van der Waals surface area contributed by atoms with Gasteiger partial charge in [0.25, 0.3) is 5.69 Å². The van der Waals surface area contributed by atoms with Gasteiger partial charge in [-0.3, -0.25) is 10.1 Å². The van der Waals surface area contributed by atoms with Crippen LogP contribution in [0.1, 0.15) is 5.56 Å². The Labute approximate surface area is 125 Å². The number of non-ortho nitro benzene ring substituents is 1. The van der Waals surface area contributed by atoms with Crippen molar-refractivity contribution in [1.29, 1.82) is 0 Å². The van der Waals surface area contributed by atoms with Crippen LogP contribution in [0.3, 0.4) is 0 Å². The standard InChI is InChI=1S/C14H12ClFN2O3/c1-21-14-7-9(18(19)20)5-6-13(14)17-8-10-11(15)3-2-4-12(10)16/h2-7,17H,8H2,1H3. The van der Waals surface area contributed by atoms with Crippen LogP contribution in [0.4, 0.5) is 15.8 Å². The summed E-state index contributed by atoms with van der Waals surface area (Å²) >= 11 is 5.94. The van der Waals surface area contributed by atoms with E-state index in [0.29, 0.717) is 22.0 Å². The number of nitrogens with one attached hydrogen (secondary N) is 1. The van der Waals surface area contributed by atoms with Gasteiger partial charge >= 0.3 is 0 Å². The van der Waals surface area contributed by atoms with Crippen LogP contribution in [-0.2, 0) is 6.54 Å². The van der Waals surface area contributed by atoms with E-state index in [1.807, 2.05) is 0 Å². The van der Waals surface area contributed by atoms with Crippen molar-refractivity contribution in [3.8, 4) is 5.75 Å². The maximum atomic E-state index is 13.7. The zero-order chi connectivity index (χ0) is 15.4. The highest BCUT2D eigenvalue weighted by Crippen LogP contribution is 2.30. The Morgan fingerprint density at radius 1 is 1.38 bits per heavy atom. The Bertz CT molecular complexity index is 659. The third kappa shape index (κ3) is 3.41. The van der Waals surface area contributed by atoms with E-state index in [-0.39, 0.29) is 12.2 Å². The van der Waals surface area contributed by atoms with Gasteiger partial charge in [0.2, 0.25) is 0 Å². The molecular weight excluding hydrogens is 299 g/mol. The second-order valence-corrected chi connectivity index (χ2v) is 4.60. The van der Waals surface area contributed by atoms with E-state index in [1.54, 1.807) is 6.07 Å². The van der Waals surface area contributed by atoms with Crippen LogP contribution < -0.4 is 10.1 Å². The lowest BCUT2D eigenvalue weighted by atomic mass is 10.2. The molecule has 5 nitrogen and oxygen atoms in total. The summed E-state index contributed by atoms with van der Waals surface area (Å²) in [6, 6.07) is 8.57. The number of benzene rings is 2. The third-order valence-corrected chi connectivity index (χ3v) is 3.27. The van der Waals surface area contributed by atoms with Crippen molar-refractivity contribution >= 4 is 23.0 Å². The molecule has 2 rings (SSSR count). The van der Waals surface area contributed by atoms with Crippen molar-refractivity contribution in [2.24, 2.45) is 0 Å². The average Bonchev–Trinajstić information content (AvgIpc) is 2.46. The van der Waals surface area contributed by atoms with Gasteiger partial charge < -0.3 is 10.1 Å². The van der Waals surface area contributed by atoms with Crippen molar-refractivity contribution in [2.45, 2.75) is 6.54 Å². The molecule has 0 aliphatic rings. The lowest BCUT2D eigenvalue weighted by Gasteiger charge is -2.12. The highest BCUT2D eigenvalue weighted by atomic mass is 35.5. The minimum Gasteiger partial charge on any atom is -0.494 e. The van der Waals surface area contributed by atoms with Crippen LogP contribution in [0.15, 0.2) is 36.4 Å². The predicted octanol–water partition coefficient (Wildman–Crippen LogP) is 4.01. The molecule has 0 aliphatic heterocycles. The minimum atomic E-state index is -0.514. The summed E-state index contributed by atoms with van der Waals surface area (Å²) in [4.78, 5) is 10.2. The Morgan fingerprint density at radius 3 is 2.76 bits per heavy atom. The number of rotatable bonds is 5. The van der Waals surface area contributed by atoms with Crippen molar-refractivity contribution < 1.29 is 14.1 Å². The molecule has 110 valence electrons. The zero-order valence-corrected chi connectivity index (χ0v) is 11.9. The molecule has 0 saturated heterocycles. The molecule has 2 aromatic carbocycles. The number of ether oxygens (including phenoxy) is 1. The van der Waals surface area contributed by atoms with Gasteiger partial charge in [-0.25, -0.2) is 4.39 Å². The molecule has 0 amide bonds. The van der Waals surface area contributed by atoms with Crippen molar-refractivity contribution in [3.63, 3.8) is 0 Å². The van der Waals surface area contributed by atoms with E-state index in [2.05, 4.69) is 5.32 Å². The van der Waals surface area contributed by atoms with Crippen LogP contribution in [0.2, 0.25) is 5.02 Å². The summed E-state index contributed by atoms with van der Waals surface area (Å²) in [6.07, 6.45) is 0. The highest BCUT2D eigenvalue weighted by molar-refractivity contribution is 6.31. The fourth-order valence-corrected chi connectivity index (χ4v) is 2.05. The van der Waals surface area contributed by atoms with Crippen LogP contribution in [0, 0.1) is 15.9 Å². The van der Waals surface area contributed by atoms with Crippen LogP contribution in [0.25, 0.3) is 0 Å². The lowest BCUT2D eigenvalue weighted by Crippen LogP contribution is -2.04. The van der Waals surface area contributed by atoms with E-state index in [0.717, 1.165) is 0 Å². The fourth-order valence-electron chi connectivity index (χ4n) is 1.82. The Kier molecular flexibility index (Phi) is 4.59. The highest BCUT2D eigenvalue weighted by Gasteiger charge is 2.12. The summed E-state index contributed by atoms with van der Waals surface area (Å²) in [6.45, 7) is 0.139. The summed E-state index contributed by atoms with van der Waals surface area (Å²) in [5, 5.41) is 14.0. The molecule has 0 spiro atoms. The molecule has 2 aromatic rings. The van der Waals surface area contributed by atoms with Gasteiger partial charge in [0, 0.05) is 23.2 Å². The number of hydrogen-bond donors (Lipinski definition) is 1. The number of nitro benzene ring substituents is 1. The summed E-state index contributed by atoms with van der Waals surface area (Å²) in [5.74, 6) is -0.118.